The molecule has 6 heteroatoms. The first-order valence-corrected chi connectivity index (χ1v) is 8.45. The molecule has 1 atom stereocenters. The second-order valence-electron chi connectivity index (χ2n) is 5.93. The van der Waals surface area contributed by atoms with E-state index in [0.29, 0.717) is 0 Å². The average Bonchev–Trinajstić information content (AvgIpc) is 3.04. The van der Waals surface area contributed by atoms with Crippen molar-refractivity contribution in [2.45, 2.75) is 45.2 Å². The molecule has 1 aromatic rings. The summed E-state index contributed by atoms with van der Waals surface area (Å²) in [6.45, 7) is 7.42. The number of aliphatic imine (C=N–C) groups is 1. The van der Waals surface area contributed by atoms with Crippen LogP contribution in [-0.2, 0) is 6.54 Å². The van der Waals surface area contributed by atoms with Gasteiger partial charge in [-0.1, -0.05) is 6.42 Å². The maximum absolute atomic E-state index is 4.26. The molecule has 22 heavy (non-hydrogen) atoms. The minimum Gasteiger partial charge on any atom is -0.356 e. The lowest BCUT2D eigenvalue weighted by molar-refractivity contribution is 0.159. The van der Waals surface area contributed by atoms with Gasteiger partial charge in [0.15, 0.2) is 5.96 Å². The molecule has 1 aliphatic rings. The van der Waals surface area contributed by atoms with Crippen LogP contribution in [0, 0.1) is 0 Å². The summed E-state index contributed by atoms with van der Waals surface area (Å²) in [5, 5.41) is 10.9. The lowest BCUT2D eigenvalue weighted by Crippen LogP contribution is -2.42. The highest BCUT2D eigenvalue weighted by molar-refractivity contribution is 5.79. The maximum atomic E-state index is 4.26. The van der Waals surface area contributed by atoms with Gasteiger partial charge in [0.05, 0.1) is 6.54 Å². The van der Waals surface area contributed by atoms with Crippen LogP contribution < -0.4 is 10.6 Å². The van der Waals surface area contributed by atoms with Crippen LogP contribution >= 0.6 is 0 Å². The number of likely N-dealkylation sites (tertiary alicyclic amines) is 1. The summed E-state index contributed by atoms with van der Waals surface area (Å²) in [7, 11) is 1.82. The molecule has 0 amide bonds. The van der Waals surface area contributed by atoms with Gasteiger partial charge in [0.1, 0.15) is 0 Å². The fourth-order valence-electron chi connectivity index (χ4n) is 2.92. The largest absolute Gasteiger partial charge is 0.356 e. The second-order valence-corrected chi connectivity index (χ2v) is 5.93. The van der Waals surface area contributed by atoms with Gasteiger partial charge in [-0.3, -0.25) is 9.67 Å². The smallest absolute Gasteiger partial charge is 0.191 e. The molecule has 1 unspecified atom stereocenters. The molecule has 0 saturated carbocycles. The summed E-state index contributed by atoms with van der Waals surface area (Å²) < 4.78 is 1.91. The van der Waals surface area contributed by atoms with Crippen molar-refractivity contribution >= 4 is 5.96 Å². The SMILES string of the molecule is CN=C(NCCCN1CCCCC1C)NCCn1cccn1. The van der Waals surface area contributed by atoms with E-state index < -0.39 is 0 Å². The van der Waals surface area contributed by atoms with Gasteiger partial charge >= 0.3 is 0 Å². The van der Waals surface area contributed by atoms with Crippen LogP contribution in [0.2, 0.25) is 0 Å². The normalized spacial score (nSPS) is 20.1. The molecule has 1 aliphatic heterocycles. The molecule has 2 heterocycles. The van der Waals surface area contributed by atoms with E-state index in [0.717, 1.165) is 38.1 Å². The zero-order chi connectivity index (χ0) is 15.6. The van der Waals surface area contributed by atoms with Gasteiger partial charge in [-0.05, 0) is 38.8 Å². The van der Waals surface area contributed by atoms with E-state index in [2.05, 4.69) is 32.5 Å². The first-order valence-electron chi connectivity index (χ1n) is 8.45. The van der Waals surface area contributed by atoms with Crippen LogP contribution in [0.4, 0.5) is 0 Å². The van der Waals surface area contributed by atoms with Crippen LogP contribution in [-0.4, -0.2) is 59.9 Å². The van der Waals surface area contributed by atoms with Gasteiger partial charge in [0.2, 0.25) is 0 Å². The van der Waals surface area contributed by atoms with E-state index in [1.54, 1.807) is 6.20 Å². The van der Waals surface area contributed by atoms with E-state index in [4.69, 9.17) is 0 Å². The second kappa shape index (κ2) is 9.46. The molecule has 124 valence electrons. The number of nitrogens with zero attached hydrogens (tertiary/aromatic N) is 4. The number of nitrogens with one attached hydrogen (secondary N) is 2. The third kappa shape index (κ3) is 5.67. The summed E-state index contributed by atoms with van der Waals surface area (Å²) in [5.74, 6) is 0.874. The van der Waals surface area contributed by atoms with E-state index in [1.165, 1.54) is 32.4 Å². The van der Waals surface area contributed by atoms with Crippen LogP contribution in [0.5, 0.6) is 0 Å². The van der Waals surface area contributed by atoms with Gasteiger partial charge < -0.3 is 15.5 Å². The third-order valence-electron chi connectivity index (χ3n) is 4.27. The van der Waals surface area contributed by atoms with Crippen LogP contribution in [0.25, 0.3) is 0 Å². The minimum atomic E-state index is 0.750. The minimum absolute atomic E-state index is 0.750. The van der Waals surface area contributed by atoms with Crippen molar-refractivity contribution in [1.82, 2.24) is 25.3 Å². The quantitative estimate of drug-likeness (QED) is 0.453. The number of rotatable bonds is 7. The number of hydrogen-bond donors (Lipinski definition) is 2. The Labute approximate surface area is 134 Å². The Balaban J connectivity index is 1.56. The van der Waals surface area contributed by atoms with Crippen molar-refractivity contribution in [3.8, 4) is 0 Å². The molecule has 0 bridgehead atoms. The molecule has 1 fully saturated rings. The number of guanidine groups is 1. The Morgan fingerprint density at radius 1 is 1.27 bits per heavy atom. The predicted molar refractivity (Wildman–Crippen MR) is 91.1 cm³/mol. The number of hydrogen-bond acceptors (Lipinski definition) is 3. The number of piperidine rings is 1. The van der Waals surface area contributed by atoms with Crippen molar-refractivity contribution < 1.29 is 0 Å². The zero-order valence-corrected chi connectivity index (χ0v) is 14.0. The van der Waals surface area contributed by atoms with Gasteiger partial charge in [-0.2, -0.15) is 5.10 Å². The Bertz CT molecular complexity index is 428. The molecule has 0 aliphatic carbocycles. The Kier molecular flexibility index (Phi) is 7.22. The highest BCUT2D eigenvalue weighted by Crippen LogP contribution is 2.15. The fourth-order valence-corrected chi connectivity index (χ4v) is 2.92. The van der Waals surface area contributed by atoms with Crippen molar-refractivity contribution in [3.63, 3.8) is 0 Å². The van der Waals surface area contributed by atoms with E-state index in [1.807, 2.05) is 24.0 Å². The van der Waals surface area contributed by atoms with E-state index >= 15 is 0 Å². The Morgan fingerprint density at radius 2 is 2.14 bits per heavy atom. The fraction of sp³-hybridized carbons (Fsp3) is 0.750. The average molecular weight is 306 g/mol. The summed E-state index contributed by atoms with van der Waals surface area (Å²) in [6, 6.07) is 2.69. The lowest BCUT2D eigenvalue weighted by atomic mass is 10.0. The summed E-state index contributed by atoms with van der Waals surface area (Å²) in [4.78, 5) is 6.87. The Morgan fingerprint density at radius 3 is 2.86 bits per heavy atom. The molecule has 0 aromatic carbocycles. The first-order chi connectivity index (χ1) is 10.8. The zero-order valence-electron chi connectivity index (χ0n) is 14.0. The molecule has 0 radical (unpaired) electrons. The molecular formula is C16H30N6. The van der Waals surface area contributed by atoms with E-state index in [9.17, 15) is 0 Å². The van der Waals surface area contributed by atoms with Gasteiger partial charge in [-0.25, -0.2) is 0 Å². The van der Waals surface area contributed by atoms with Crippen LogP contribution in [0.1, 0.15) is 32.6 Å². The van der Waals surface area contributed by atoms with Crippen molar-refractivity contribution in [3.05, 3.63) is 18.5 Å². The first kappa shape index (κ1) is 16.8. The summed E-state index contributed by atoms with van der Waals surface area (Å²) in [6.07, 6.45) is 9.03. The molecule has 2 N–H and O–H groups in total. The Hall–Kier alpha value is -1.56. The van der Waals surface area contributed by atoms with Crippen molar-refractivity contribution in [1.29, 1.82) is 0 Å². The van der Waals surface area contributed by atoms with Crippen molar-refractivity contribution in [2.24, 2.45) is 4.99 Å². The highest BCUT2D eigenvalue weighted by atomic mass is 15.3. The van der Waals surface area contributed by atoms with Crippen LogP contribution in [0.3, 0.4) is 0 Å². The summed E-state index contributed by atoms with van der Waals surface area (Å²) in [5.41, 5.74) is 0. The van der Waals surface area contributed by atoms with Crippen molar-refractivity contribution in [2.75, 3.05) is 33.2 Å². The molecule has 1 saturated heterocycles. The van der Waals surface area contributed by atoms with Crippen LogP contribution in [0.15, 0.2) is 23.5 Å². The van der Waals surface area contributed by atoms with Gasteiger partial charge in [0.25, 0.3) is 0 Å². The van der Waals surface area contributed by atoms with E-state index in [-0.39, 0.29) is 0 Å². The topological polar surface area (TPSA) is 57.5 Å². The summed E-state index contributed by atoms with van der Waals surface area (Å²) >= 11 is 0. The predicted octanol–water partition coefficient (Wildman–Crippen LogP) is 1.31. The molecular weight excluding hydrogens is 276 g/mol. The van der Waals surface area contributed by atoms with Gasteiger partial charge in [-0.15, -0.1) is 0 Å². The molecule has 1 aromatic heterocycles. The highest BCUT2D eigenvalue weighted by Gasteiger charge is 2.16. The van der Waals surface area contributed by atoms with Gasteiger partial charge in [0, 0.05) is 45.1 Å². The molecule has 0 spiro atoms. The molecule has 6 nitrogen and oxygen atoms in total. The maximum Gasteiger partial charge on any atom is 0.191 e. The number of aromatic nitrogens is 2. The standard InChI is InChI=1S/C16H30N6/c1-15-7-3-4-11-21(15)12-5-8-18-16(17-2)19-10-14-22-13-6-9-20-22/h6,9,13,15H,3-5,7-8,10-12,14H2,1-2H3,(H2,17,18,19). The third-order valence-corrected chi connectivity index (χ3v) is 4.27. The monoisotopic (exact) mass is 306 g/mol. The lowest BCUT2D eigenvalue weighted by Gasteiger charge is -2.33. The molecule has 2 rings (SSSR count).